The van der Waals surface area contributed by atoms with Crippen molar-refractivity contribution < 1.29 is 4.74 Å². The fourth-order valence-electron chi connectivity index (χ4n) is 2.50. The quantitative estimate of drug-likeness (QED) is 0.835. The molecule has 2 nitrogen and oxygen atoms in total. The van der Waals surface area contributed by atoms with Gasteiger partial charge in [0.15, 0.2) is 0 Å². The highest BCUT2D eigenvalue weighted by Crippen LogP contribution is 2.21. The van der Waals surface area contributed by atoms with Gasteiger partial charge in [-0.3, -0.25) is 4.90 Å². The van der Waals surface area contributed by atoms with E-state index in [1.807, 2.05) is 24.3 Å². The van der Waals surface area contributed by atoms with Crippen LogP contribution in [0.4, 0.5) is 0 Å². The van der Waals surface area contributed by atoms with Gasteiger partial charge in [-0.05, 0) is 49.9 Å². The van der Waals surface area contributed by atoms with Crippen molar-refractivity contribution in [2.45, 2.75) is 32.7 Å². The summed E-state index contributed by atoms with van der Waals surface area (Å²) in [6.45, 7) is 7.69. The lowest BCUT2D eigenvalue weighted by atomic mass is 9.95. The van der Waals surface area contributed by atoms with Crippen molar-refractivity contribution in [2.75, 3.05) is 19.7 Å². The Bertz CT molecular complexity index is 365. The van der Waals surface area contributed by atoms with Crippen LogP contribution in [0.3, 0.4) is 0 Å². The first-order valence-electron chi connectivity index (χ1n) is 6.77. The van der Waals surface area contributed by atoms with E-state index in [4.69, 9.17) is 4.74 Å². The number of hydrogen-bond acceptors (Lipinski definition) is 2. The number of nitrogens with zero attached hydrogens (tertiary/aromatic N) is 1. The fraction of sp³-hybridized carbons (Fsp3) is 0.600. The Morgan fingerprint density at radius 2 is 1.94 bits per heavy atom. The van der Waals surface area contributed by atoms with Gasteiger partial charge in [-0.1, -0.05) is 22.9 Å². The Labute approximate surface area is 118 Å². The molecule has 1 aromatic carbocycles. The molecule has 0 bridgehead atoms. The van der Waals surface area contributed by atoms with E-state index in [1.165, 1.54) is 19.4 Å². The van der Waals surface area contributed by atoms with E-state index in [-0.39, 0.29) is 0 Å². The Morgan fingerprint density at radius 3 is 2.67 bits per heavy atom. The van der Waals surface area contributed by atoms with Crippen molar-refractivity contribution in [2.24, 2.45) is 5.92 Å². The van der Waals surface area contributed by atoms with E-state index in [0.717, 1.165) is 29.3 Å². The second kappa shape index (κ2) is 6.58. The minimum absolute atomic E-state index is 0.703. The van der Waals surface area contributed by atoms with Gasteiger partial charge < -0.3 is 4.74 Å². The molecule has 2 rings (SSSR count). The summed E-state index contributed by atoms with van der Waals surface area (Å²) in [5.41, 5.74) is 0. The molecule has 1 saturated heterocycles. The van der Waals surface area contributed by atoms with Crippen LogP contribution in [0, 0.1) is 5.92 Å². The fourth-order valence-corrected chi connectivity index (χ4v) is 2.77. The van der Waals surface area contributed by atoms with Crippen LogP contribution in [0.25, 0.3) is 0 Å². The largest absolute Gasteiger partial charge is 0.492 e. The molecule has 2 unspecified atom stereocenters. The highest BCUT2D eigenvalue weighted by Gasteiger charge is 2.22. The molecular formula is C15H22BrNO. The third kappa shape index (κ3) is 3.99. The Kier molecular flexibility index (Phi) is 5.07. The van der Waals surface area contributed by atoms with Gasteiger partial charge in [-0.25, -0.2) is 0 Å². The normalized spacial score (nSPS) is 25.1. The van der Waals surface area contributed by atoms with E-state index in [1.54, 1.807) is 0 Å². The van der Waals surface area contributed by atoms with Gasteiger partial charge in [0.25, 0.3) is 0 Å². The molecule has 18 heavy (non-hydrogen) atoms. The zero-order chi connectivity index (χ0) is 13.0. The maximum absolute atomic E-state index is 5.78. The van der Waals surface area contributed by atoms with Crippen LogP contribution in [0.15, 0.2) is 28.7 Å². The summed E-state index contributed by atoms with van der Waals surface area (Å²) < 4.78 is 6.88. The lowest BCUT2D eigenvalue weighted by Gasteiger charge is -2.36. The summed E-state index contributed by atoms with van der Waals surface area (Å²) in [6, 6.07) is 8.75. The summed E-state index contributed by atoms with van der Waals surface area (Å²) in [4.78, 5) is 2.55. The van der Waals surface area contributed by atoms with Crippen molar-refractivity contribution in [1.82, 2.24) is 4.90 Å². The second-order valence-electron chi connectivity index (χ2n) is 5.33. The molecule has 1 aliphatic rings. The van der Waals surface area contributed by atoms with E-state index < -0.39 is 0 Å². The summed E-state index contributed by atoms with van der Waals surface area (Å²) >= 11 is 3.43. The van der Waals surface area contributed by atoms with Crippen LogP contribution in [0.2, 0.25) is 0 Å². The van der Waals surface area contributed by atoms with Crippen LogP contribution in [-0.2, 0) is 0 Å². The van der Waals surface area contributed by atoms with Crippen LogP contribution >= 0.6 is 15.9 Å². The first-order valence-corrected chi connectivity index (χ1v) is 7.57. The highest BCUT2D eigenvalue weighted by molar-refractivity contribution is 9.10. The van der Waals surface area contributed by atoms with Crippen molar-refractivity contribution in [3.8, 4) is 5.75 Å². The molecule has 1 aromatic rings. The molecule has 0 N–H and O–H groups in total. The Balaban J connectivity index is 1.76. The standard InChI is InChI=1S/C15H22BrNO/c1-12-3-4-13(2)17(11-12)9-10-18-15-7-5-14(16)6-8-15/h5-8,12-13H,3-4,9-11H2,1-2H3. The van der Waals surface area contributed by atoms with Crippen molar-refractivity contribution in [3.05, 3.63) is 28.7 Å². The molecule has 1 fully saturated rings. The smallest absolute Gasteiger partial charge is 0.119 e. The number of piperidine rings is 1. The maximum Gasteiger partial charge on any atom is 0.119 e. The zero-order valence-corrected chi connectivity index (χ0v) is 12.8. The third-order valence-electron chi connectivity index (χ3n) is 3.71. The summed E-state index contributed by atoms with van der Waals surface area (Å²) in [7, 11) is 0. The predicted molar refractivity (Wildman–Crippen MR) is 79.1 cm³/mol. The number of ether oxygens (including phenoxy) is 1. The maximum atomic E-state index is 5.78. The predicted octanol–water partition coefficient (Wildman–Crippen LogP) is 3.95. The second-order valence-corrected chi connectivity index (χ2v) is 6.24. The zero-order valence-electron chi connectivity index (χ0n) is 11.2. The molecule has 1 aliphatic heterocycles. The van der Waals surface area contributed by atoms with E-state index in [2.05, 4.69) is 34.7 Å². The molecule has 3 heteroatoms. The van der Waals surface area contributed by atoms with Gasteiger partial charge in [-0.2, -0.15) is 0 Å². The Hall–Kier alpha value is -0.540. The third-order valence-corrected chi connectivity index (χ3v) is 4.24. The number of benzene rings is 1. The van der Waals surface area contributed by atoms with E-state index in [9.17, 15) is 0 Å². The molecule has 100 valence electrons. The van der Waals surface area contributed by atoms with Crippen LogP contribution in [0.5, 0.6) is 5.75 Å². The van der Waals surface area contributed by atoms with Crippen molar-refractivity contribution in [3.63, 3.8) is 0 Å². The molecular weight excluding hydrogens is 290 g/mol. The topological polar surface area (TPSA) is 12.5 Å². The van der Waals surface area contributed by atoms with Gasteiger partial charge in [0, 0.05) is 23.6 Å². The molecule has 0 spiro atoms. The summed E-state index contributed by atoms with van der Waals surface area (Å²) in [5.74, 6) is 1.78. The average molecular weight is 312 g/mol. The van der Waals surface area contributed by atoms with Crippen LogP contribution < -0.4 is 4.74 Å². The van der Waals surface area contributed by atoms with Crippen molar-refractivity contribution in [1.29, 1.82) is 0 Å². The highest BCUT2D eigenvalue weighted by atomic mass is 79.9. The van der Waals surface area contributed by atoms with Crippen LogP contribution in [-0.4, -0.2) is 30.6 Å². The van der Waals surface area contributed by atoms with E-state index in [0.29, 0.717) is 6.04 Å². The van der Waals surface area contributed by atoms with Crippen LogP contribution in [0.1, 0.15) is 26.7 Å². The average Bonchev–Trinajstić information content (AvgIpc) is 2.36. The molecule has 0 aliphatic carbocycles. The van der Waals surface area contributed by atoms with Gasteiger partial charge in [-0.15, -0.1) is 0 Å². The molecule has 0 saturated carbocycles. The first kappa shape index (κ1) is 13.9. The summed E-state index contributed by atoms with van der Waals surface area (Å²) in [5, 5.41) is 0. The minimum Gasteiger partial charge on any atom is -0.492 e. The van der Waals surface area contributed by atoms with Gasteiger partial charge in [0.1, 0.15) is 12.4 Å². The van der Waals surface area contributed by atoms with Gasteiger partial charge >= 0.3 is 0 Å². The molecule has 1 heterocycles. The van der Waals surface area contributed by atoms with Gasteiger partial charge in [0.05, 0.1) is 0 Å². The SMILES string of the molecule is CC1CCC(C)N(CCOc2ccc(Br)cc2)C1. The minimum atomic E-state index is 0.703. The number of likely N-dealkylation sites (tertiary alicyclic amines) is 1. The molecule has 0 radical (unpaired) electrons. The monoisotopic (exact) mass is 311 g/mol. The number of hydrogen-bond donors (Lipinski definition) is 0. The number of halogens is 1. The van der Waals surface area contributed by atoms with E-state index >= 15 is 0 Å². The van der Waals surface area contributed by atoms with Crippen molar-refractivity contribution >= 4 is 15.9 Å². The summed E-state index contributed by atoms with van der Waals surface area (Å²) in [6.07, 6.45) is 2.69. The lowest BCUT2D eigenvalue weighted by Crippen LogP contribution is -2.43. The Morgan fingerprint density at radius 1 is 1.22 bits per heavy atom. The molecule has 0 amide bonds. The lowest BCUT2D eigenvalue weighted by molar-refractivity contribution is 0.105. The first-order chi connectivity index (χ1) is 8.65. The number of rotatable bonds is 4. The molecule has 2 atom stereocenters. The van der Waals surface area contributed by atoms with Gasteiger partial charge in [0.2, 0.25) is 0 Å². The molecule has 0 aromatic heterocycles.